The van der Waals surface area contributed by atoms with Crippen molar-refractivity contribution in [1.82, 2.24) is 0 Å². The fourth-order valence-electron chi connectivity index (χ4n) is 1.29. The number of aryl methyl sites for hydroxylation is 1. The topological polar surface area (TPSA) is 49.3 Å². The van der Waals surface area contributed by atoms with Gasteiger partial charge in [0.2, 0.25) is 0 Å². The van der Waals surface area contributed by atoms with E-state index in [-0.39, 0.29) is 13.0 Å². The van der Waals surface area contributed by atoms with Gasteiger partial charge in [0.25, 0.3) is 0 Å². The molecule has 1 aromatic rings. The van der Waals surface area contributed by atoms with Gasteiger partial charge in [0.15, 0.2) is 0 Å². The van der Waals surface area contributed by atoms with Crippen LogP contribution in [-0.4, -0.2) is 17.6 Å². The lowest BCUT2D eigenvalue weighted by atomic mass is 10.1. The SMILES string of the molecule is Cc1ccc(C(F)(F)F)cc1NCCC(=O)O. The largest absolute Gasteiger partial charge is 0.481 e. The second-order valence-corrected chi connectivity index (χ2v) is 3.60. The lowest BCUT2D eigenvalue weighted by Crippen LogP contribution is -2.10. The molecule has 0 radical (unpaired) electrons. The van der Waals surface area contributed by atoms with Crippen LogP contribution in [0.4, 0.5) is 18.9 Å². The van der Waals surface area contributed by atoms with Gasteiger partial charge in [-0.3, -0.25) is 4.79 Å². The highest BCUT2D eigenvalue weighted by atomic mass is 19.4. The van der Waals surface area contributed by atoms with Gasteiger partial charge in [0, 0.05) is 12.2 Å². The Morgan fingerprint density at radius 3 is 2.59 bits per heavy atom. The molecule has 1 aromatic carbocycles. The number of benzene rings is 1. The zero-order valence-electron chi connectivity index (χ0n) is 9.14. The number of hydrogen-bond donors (Lipinski definition) is 2. The van der Waals surface area contributed by atoms with Crippen molar-refractivity contribution in [1.29, 1.82) is 0 Å². The van der Waals surface area contributed by atoms with Gasteiger partial charge in [0.05, 0.1) is 12.0 Å². The average molecular weight is 247 g/mol. The van der Waals surface area contributed by atoms with E-state index in [1.54, 1.807) is 6.92 Å². The molecule has 17 heavy (non-hydrogen) atoms. The molecule has 0 heterocycles. The average Bonchev–Trinajstić information content (AvgIpc) is 2.18. The fraction of sp³-hybridized carbons (Fsp3) is 0.364. The van der Waals surface area contributed by atoms with Crippen LogP contribution in [0.1, 0.15) is 17.5 Å². The number of aliphatic carboxylic acids is 1. The highest BCUT2D eigenvalue weighted by Gasteiger charge is 2.30. The lowest BCUT2D eigenvalue weighted by Gasteiger charge is -2.12. The summed E-state index contributed by atoms with van der Waals surface area (Å²) in [6, 6.07) is 3.33. The molecular weight excluding hydrogens is 235 g/mol. The smallest absolute Gasteiger partial charge is 0.416 e. The number of carboxylic acid groups (broad SMARTS) is 1. The first-order valence-electron chi connectivity index (χ1n) is 4.94. The Morgan fingerprint density at radius 1 is 1.41 bits per heavy atom. The van der Waals surface area contributed by atoms with E-state index in [9.17, 15) is 18.0 Å². The van der Waals surface area contributed by atoms with E-state index in [0.717, 1.165) is 12.1 Å². The molecule has 0 unspecified atom stereocenters. The van der Waals surface area contributed by atoms with Gasteiger partial charge < -0.3 is 10.4 Å². The number of halogens is 3. The Morgan fingerprint density at radius 2 is 2.06 bits per heavy atom. The third-order valence-electron chi connectivity index (χ3n) is 2.22. The van der Waals surface area contributed by atoms with Crippen molar-refractivity contribution in [3.63, 3.8) is 0 Å². The molecule has 2 N–H and O–H groups in total. The normalized spacial score (nSPS) is 11.3. The zero-order valence-corrected chi connectivity index (χ0v) is 9.14. The van der Waals surface area contributed by atoms with Gasteiger partial charge in [0.1, 0.15) is 0 Å². The van der Waals surface area contributed by atoms with Crippen molar-refractivity contribution in [2.75, 3.05) is 11.9 Å². The predicted octanol–water partition coefficient (Wildman–Crippen LogP) is 2.90. The number of rotatable bonds is 4. The van der Waals surface area contributed by atoms with E-state index in [1.165, 1.54) is 6.07 Å². The van der Waals surface area contributed by atoms with E-state index in [2.05, 4.69) is 5.32 Å². The van der Waals surface area contributed by atoms with Crippen LogP contribution in [0.5, 0.6) is 0 Å². The highest BCUT2D eigenvalue weighted by Crippen LogP contribution is 2.31. The van der Waals surface area contributed by atoms with Gasteiger partial charge in [-0.2, -0.15) is 13.2 Å². The number of alkyl halides is 3. The maximum atomic E-state index is 12.4. The van der Waals surface area contributed by atoms with Crippen LogP contribution >= 0.6 is 0 Å². The van der Waals surface area contributed by atoms with Crippen LogP contribution in [0.3, 0.4) is 0 Å². The number of carbonyl (C=O) groups is 1. The van der Waals surface area contributed by atoms with Crippen molar-refractivity contribution in [2.45, 2.75) is 19.5 Å². The molecule has 6 heteroatoms. The molecule has 0 saturated carbocycles. The molecule has 0 amide bonds. The summed E-state index contributed by atoms with van der Waals surface area (Å²) in [6.45, 7) is 1.75. The summed E-state index contributed by atoms with van der Waals surface area (Å²) in [5, 5.41) is 11.1. The third-order valence-corrected chi connectivity index (χ3v) is 2.22. The summed E-state index contributed by atoms with van der Waals surface area (Å²) in [5.74, 6) is -0.998. The molecule has 1 rings (SSSR count). The molecule has 0 bridgehead atoms. The molecule has 0 aromatic heterocycles. The molecule has 0 fully saturated rings. The van der Waals surface area contributed by atoms with Crippen LogP contribution < -0.4 is 5.32 Å². The van der Waals surface area contributed by atoms with Crippen molar-refractivity contribution in [3.05, 3.63) is 29.3 Å². The number of anilines is 1. The van der Waals surface area contributed by atoms with Crippen molar-refractivity contribution >= 4 is 11.7 Å². The first-order valence-corrected chi connectivity index (χ1v) is 4.94. The summed E-state index contributed by atoms with van der Waals surface area (Å²) in [7, 11) is 0. The molecule has 0 atom stereocenters. The standard InChI is InChI=1S/C11H12F3NO2/c1-7-2-3-8(11(12,13)14)6-9(7)15-5-4-10(16)17/h2-3,6,15H,4-5H2,1H3,(H,16,17). The van der Waals surface area contributed by atoms with Gasteiger partial charge in [-0.05, 0) is 24.6 Å². The summed E-state index contributed by atoms with van der Waals surface area (Å²) in [6.07, 6.45) is -4.54. The van der Waals surface area contributed by atoms with Crippen LogP contribution in [0.2, 0.25) is 0 Å². The minimum atomic E-state index is -4.39. The van der Waals surface area contributed by atoms with E-state index in [1.807, 2.05) is 0 Å². The maximum absolute atomic E-state index is 12.4. The Kier molecular flexibility index (Phi) is 3.98. The number of nitrogens with one attached hydrogen (secondary N) is 1. The van der Waals surface area contributed by atoms with Crippen LogP contribution in [-0.2, 0) is 11.0 Å². The van der Waals surface area contributed by atoms with Crippen LogP contribution in [0.15, 0.2) is 18.2 Å². The third kappa shape index (κ3) is 3.97. The Bertz CT molecular complexity index is 416. The summed E-state index contributed by atoms with van der Waals surface area (Å²) in [4.78, 5) is 10.3. The second-order valence-electron chi connectivity index (χ2n) is 3.60. The van der Waals surface area contributed by atoms with E-state index in [4.69, 9.17) is 5.11 Å². The predicted molar refractivity (Wildman–Crippen MR) is 56.9 cm³/mol. The molecule has 0 saturated heterocycles. The van der Waals surface area contributed by atoms with E-state index in [0.29, 0.717) is 11.3 Å². The molecule has 0 aliphatic carbocycles. The second kappa shape index (κ2) is 5.07. The Balaban J connectivity index is 2.80. The molecule has 94 valence electrons. The number of carboxylic acids is 1. The molecule has 3 nitrogen and oxygen atoms in total. The summed E-state index contributed by atoms with van der Waals surface area (Å²) < 4.78 is 37.3. The van der Waals surface area contributed by atoms with Crippen molar-refractivity contribution in [2.24, 2.45) is 0 Å². The van der Waals surface area contributed by atoms with Crippen LogP contribution in [0.25, 0.3) is 0 Å². The Labute approximate surface area is 96.3 Å². The minimum Gasteiger partial charge on any atom is -0.481 e. The maximum Gasteiger partial charge on any atom is 0.416 e. The van der Waals surface area contributed by atoms with Crippen LogP contribution in [0, 0.1) is 6.92 Å². The first kappa shape index (κ1) is 13.3. The van der Waals surface area contributed by atoms with Gasteiger partial charge in [-0.1, -0.05) is 6.07 Å². The van der Waals surface area contributed by atoms with Gasteiger partial charge >= 0.3 is 12.1 Å². The van der Waals surface area contributed by atoms with E-state index < -0.39 is 17.7 Å². The quantitative estimate of drug-likeness (QED) is 0.860. The number of hydrogen-bond acceptors (Lipinski definition) is 2. The zero-order chi connectivity index (χ0) is 13.1. The summed E-state index contributed by atoms with van der Waals surface area (Å²) >= 11 is 0. The first-order chi connectivity index (χ1) is 7.80. The molecule has 0 spiro atoms. The van der Waals surface area contributed by atoms with Gasteiger partial charge in [-0.15, -0.1) is 0 Å². The fourth-order valence-corrected chi connectivity index (χ4v) is 1.29. The van der Waals surface area contributed by atoms with Crippen molar-refractivity contribution in [3.8, 4) is 0 Å². The molecule has 0 aliphatic rings. The minimum absolute atomic E-state index is 0.0947. The summed E-state index contributed by atoms with van der Waals surface area (Å²) in [5.41, 5.74) is 0.199. The van der Waals surface area contributed by atoms with Gasteiger partial charge in [-0.25, -0.2) is 0 Å². The Hall–Kier alpha value is -1.72. The molecule has 0 aliphatic heterocycles. The monoisotopic (exact) mass is 247 g/mol. The molecular formula is C11H12F3NO2. The highest BCUT2D eigenvalue weighted by molar-refractivity contribution is 5.67. The van der Waals surface area contributed by atoms with E-state index >= 15 is 0 Å². The lowest BCUT2D eigenvalue weighted by molar-refractivity contribution is -0.138. The van der Waals surface area contributed by atoms with Crippen molar-refractivity contribution < 1.29 is 23.1 Å².